The molecule has 2 aliphatic rings. The van der Waals surface area contributed by atoms with Crippen LogP contribution in [0.5, 0.6) is 0 Å². The number of fused-ring (bicyclic) bond motifs is 3. The zero-order valence-corrected chi connectivity index (χ0v) is 13.2. The van der Waals surface area contributed by atoms with Gasteiger partial charge in [0.2, 0.25) is 0 Å². The van der Waals surface area contributed by atoms with Gasteiger partial charge in [-0.3, -0.25) is 10.1 Å². The van der Waals surface area contributed by atoms with Crippen molar-refractivity contribution in [1.29, 1.82) is 0 Å². The number of pyridine rings is 1. The van der Waals surface area contributed by atoms with Gasteiger partial charge in [0.25, 0.3) is 5.91 Å². The van der Waals surface area contributed by atoms with Crippen molar-refractivity contribution in [3.63, 3.8) is 0 Å². The zero-order chi connectivity index (χ0) is 17.4. The minimum Gasteiger partial charge on any atom is -0.394 e. The van der Waals surface area contributed by atoms with E-state index >= 15 is 0 Å². The molecule has 0 spiro atoms. The molecule has 1 aromatic heterocycles. The number of hydrogen-bond acceptors (Lipinski definition) is 5. The second kappa shape index (κ2) is 6.15. The van der Waals surface area contributed by atoms with Crippen LogP contribution in [-0.4, -0.2) is 46.2 Å². The lowest BCUT2D eigenvalue weighted by molar-refractivity contribution is -0.00902. The number of nitrogens with zero attached hydrogens (tertiary/aromatic N) is 2. The molecule has 3 amide bonds. The maximum Gasteiger partial charge on any atom is 0.324 e. The van der Waals surface area contributed by atoms with Crippen LogP contribution in [0.1, 0.15) is 22.1 Å². The molecule has 8 nitrogen and oxygen atoms in total. The summed E-state index contributed by atoms with van der Waals surface area (Å²) in [5.74, 6) is 0.257. The molecule has 3 heterocycles. The highest BCUT2D eigenvalue weighted by molar-refractivity contribution is 6.04. The number of anilines is 2. The second-order valence-corrected chi connectivity index (χ2v) is 5.81. The third-order valence-corrected chi connectivity index (χ3v) is 4.21. The molecule has 2 unspecified atom stereocenters. The number of nitrogens with one attached hydrogen (secondary N) is 2. The number of rotatable bonds is 3. The van der Waals surface area contributed by atoms with E-state index in [0.29, 0.717) is 29.2 Å². The number of aromatic nitrogens is 1. The van der Waals surface area contributed by atoms with Gasteiger partial charge in [-0.15, -0.1) is 0 Å². The third-order valence-electron chi connectivity index (χ3n) is 4.21. The van der Waals surface area contributed by atoms with Crippen LogP contribution in [0.4, 0.5) is 16.3 Å². The topological polar surface area (TPSA) is 104 Å². The summed E-state index contributed by atoms with van der Waals surface area (Å²) in [6, 6.07) is 9.85. The maximum atomic E-state index is 12.5. The van der Waals surface area contributed by atoms with Gasteiger partial charge in [-0.25, -0.2) is 9.78 Å². The third kappa shape index (κ3) is 2.71. The minimum absolute atomic E-state index is 0.161. The highest BCUT2D eigenvalue weighted by Crippen LogP contribution is 2.43. The van der Waals surface area contributed by atoms with Crippen molar-refractivity contribution >= 4 is 23.4 Å². The quantitative estimate of drug-likeness (QED) is 0.787. The number of ether oxygens (including phenoxy) is 1. The normalized spacial score (nSPS) is 21.0. The summed E-state index contributed by atoms with van der Waals surface area (Å²) in [6.07, 6.45) is 0.567. The first kappa shape index (κ1) is 15.6. The Labute approximate surface area is 143 Å². The van der Waals surface area contributed by atoms with Gasteiger partial charge in [-0.1, -0.05) is 12.1 Å². The van der Waals surface area contributed by atoms with Crippen LogP contribution in [0.3, 0.4) is 0 Å². The predicted molar refractivity (Wildman–Crippen MR) is 89.1 cm³/mol. The number of aliphatic hydroxyl groups excluding tert-OH is 1. The number of aliphatic hydroxyl groups is 1. The summed E-state index contributed by atoms with van der Waals surface area (Å²) in [6.45, 7) is 0.166. The summed E-state index contributed by atoms with van der Waals surface area (Å²) in [4.78, 5) is 30.3. The van der Waals surface area contributed by atoms with Crippen molar-refractivity contribution in [1.82, 2.24) is 9.88 Å². The number of carbonyl (C=O) groups is 2. The molecule has 2 aromatic rings. The molecule has 0 saturated carbocycles. The van der Waals surface area contributed by atoms with Gasteiger partial charge in [0.1, 0.15) is 11.9 Å². The van der Waals surface area contributed by atoms with Gasteiger partial charge >= 0.3 is 6.03 Å². The highest BCUT2D eigenvalue weighted by Gasteiger charge is 2.45. The summed E-state index contributed by atoms with van der Waals surface area (Å²) in [5, 5.41) is 14.7. The molecule has 2 aliphatic heterocycles. The molecule has 2 atom stereocenters. The van der Waals surface area contributed by atoms with Crippen LogP contribution in [0.2, 0.25) is 0 Å². The van der Waals surface area contributed by atoms with E-state index in [1.54, 1.807) is 47.5 Å². The number of urea groups is 1. The number of amides is 3. The molecule has 0 radical (unpaired) electrons. The minimum atomic E-state index is -0.592. The maximum absolute atomic E-state index is 12.5. The van der Waals surface area contributed by atoms with Crippen LogP contribution < -0.4 is 10.6 Å². The van der Waals surface area contributed by atoms with E-state index in [2.05, 4.69) is 15.6 Å². The first-order valence-corrected chi connectivity index (χ1v) is 7.86. The van der Waals surface area contributed by atoms with Gasteiger partial charge in [0.15, 0.2) is 6.23 Å². The van der Waals surface area contributed by atoms with Crippen LogP contribution in [0.15, 0.2) is 42.6 Å². The Hall–Kier alpha value is -2.97. The van der Waals surface area contributed by atoms with Crippen molar-refractivity contribution in [3.05, 3.63) is 53.7 Å². The molecule has 128 valence electrons. The van der Waals surface area contributed by atoms with Crippen molar-refractivity contribution in [3.8, 4) is 0 Å². The van der Waals surface area contributed by atoms with Gasteiger partial charge < -0.3 is 20.1 Å². The van der Waals surface area contributed by atoms with Gasteiger partial charge in [0, 0.05) is 17.3 Å². The Bertz CT molecular complexity index is 827. The smallest absolute Gasteiger partial charge is 0.324 e. The summed E-state index contributed by atoms with van der Waals surface area (Å²) in [5.41, 5.74) is 1.60. The van der Waals surface area contributed by atoms with Crippen LogP contribution >= 0.6 is 0 Å². The second-order valence-electron chi connectivity index (χ2n) is 5.81. The van der Waals surface area contributed by atoms with Gasteiger partial charge in [-0.2, -0.15) is 0 Å². The molecule has 25 heavy (non-hydrogen) atoms. The van der Waals surface area contributed by atoms with Crippen molar-refractivity contribution < 1.29 is 19.4 Å². The molecule has 4 rings (SSSR count). The Balaban J connectivity index is 1.58. The van der Waals surface area contributed by atoms with E-state index < -0.39 is 18.4 Å². The molecule has 0 bridgehead atoms. The number of benzene rings is 1. The van der Waals surface area contributed by atoms with Crippen LogP contribution in [0, 0.1) is 0 Å². The van der Waals surface area contributed by atoms with Crippen LogP contribution in [-0.2, 0) is 4.74 Å². The van der Waals surface area contributed by atoms with E-state index in [1.807, 2.05) is 0 Å². The summed E-state index contributed by atoms with van der Waals surface area (Å²) < 4.78 is 5.74. The fraction of sp³-hybridized carbons (Fsp3) is 0.235. The largest absolute Gasteiger partial charge is 0.394 e. The highest BCUT2D eigenvalue weighted by atomic mass is 16.5. The van der Waals surface area contributed by atoms with E-state index in [-0.39, 0.29) is 12.5 Å². The Morgan fingerprint density at radius 3 is 2.92 bits per heavy atom. The van der Waals surface area contributed by atoms with Crippen molar-refractivity contribution in [2.45, 2.75) is 12.3 Å². The fourth-order valence-electron chi connectivity index (χ4n) is 3.12. The molecular formula is C17H16N4O4. The molecule has 0 aliphatic carbocycles. The molecule has 1 fully saturated rings. The first-order chi connectivity index (χ1) is 12.2. The molecule has 1 saturated heterocycles. The lowest BCUT2D eigenvalue weighted by atomic mass is 10.1. The molecular weight excluding hydrogens is 324 g/mol. The average Bonchev–Trinajstić information content (AvgIpc) is 3.15. The van der Waals surface area contributed by atoms with Crippen LogP contribution in [0.25, 0.3) is 0 Å². The monoisotopic (exact) mass is 340 g/mol. The Morgan fingerprint density at radius 1 is 1.28 bits per heavy atom. The van der Waals surface area contributed by atoms with Gasteiger partial charge in [-0.05, 0) is 24.3 Å². The summed E-state index contributed by atoms with van der Waals surface area (Å²) in [7, 11) is 0. The molecule has 3 N–H and O–H groups in total. The Kier molecular flexibility index (Phi) is 3.83. The van der Waals surface area contributed by atoms with Crippen molar-refractivity contribution in [2.75, 3.05) is 23.8 Å². The average molecular weight is 340 g/mol. The lowest BCUT2D eigenvalue weighted by Crippen LogP contribution is -2.26. The van der Waals surface area contributed by atoms with Gasteiger partial charge in [0.05, 0.1) is 18.8 Å². The SMILES string of the molecule is O=C(Nc1ccccn1)Nc1cccc2c1C1OC(CO)CN1C2=O. The number of hydrogen-bond donors (Lipinski definition) is 3. The standard InChI is InChI=1S/C17H16N4O4/c22-9-10-8-21-15(23)11-4-3-5-12(14(11)16(21)25-10)19-17(24)20-13-6-1-2-7-18-13/h1-7,10,16,22H,8-9H2,(H2,18,19,20,24). The fourth-order valence-corrected chi connectivity index (χ4v) is 3.12. The zero-order valence-electron chi connectivity index (χ0n) is 13.2. The van der Waals surface area contributed by atoms with E-state index in [4.69, 9.17) is 4.74 Å². The lowest BCUT2D eigenvalue weighted by Gasteiger charge is -2.16. The number of carbonyl (C=O) groups excluding carboxylic acids is 2. The molecule has 8 heteroatoms. The summed E-state index contributed by atoms with van der Waals surface area (Å²) >= 11 is 0. The van der Waals surface area contributed by atoms with E-state index in [0.717, 1.165) is 0 Å². The first-order valence-electron chi connectivity index (χ1n) is 7.86. The van der Waals surface area contributed by atoms with Crippen molar-refractivity contribution in [2.24, 2.45) is 0 Å². The molecule has 1 aromatic carbocycles. The van der Waals surface area contributed by atoms with E-state index in [1.165, 1.54) is 0 Å². The van der Waals surface area contributed by atoms with E-state index in [9.17, 15) is 14.7 Å². The predicted octanol–water partition coefficient (Wildman–Crippen LogP) is 1.57. The Morgan fingerprint density at radius 2 is 2.16 bits per heavy atom.